The Bertz CT molecular complexity index is 645. The van der Waals surface area contributed by atoms with Crippen LogP contribution in [0.25, 0.3) is 0 Å². The molecule has 27 heavy (non-hydrogen) atoms. The molecule has 1 aromatic carbocycles. The number of carbonyl (C=O) groups is 1. The maximum atomic E-state index is 12.2. The molecule has 2 fully saturated rings. The molecule has 2 aliphatic heterocycles. The van der Waals surface area contributed by atoms with E-state index in [1.54, 1.807) is 4.90 Å². The molecule has 0 bridgehead atoms. The number of amides is 1. The van der Waals surface area contributed by atoms with Crippen LogP contribution in [-0.4, -0.2) is 65.7 Å². The van der Waals surface area contributed by atoms with E-state index in [1.165, 1.54) is 31.5 Å². The molecule has 0 aliphatic carbocycles. The maximum absolute atomic E-state index is 12.2. The normalized spacial score (nSPS) is 19.5. The molecule has 0 aromatic heterocycles. The quantitative estimate of drug-likeness (QED) is 0.774. The van der Waals surface area contributed by atoms with Crippen molar-refractivity contribution in [2.24, 2.45) is 0 Å². The average molecular weight is 394 g/mol. The first kappa shape index (κ1) is 20.4. The number of nitrogens with zero attached hydrogens (tertiary/aromatic N) is 3. The lowest BCUT2D eigenvalue weighted by molar-refractivity contribution is 0.0139. The van der Waals surface area contributed by atoms with E-state index in [0.717, 1.165) is 36.8 Å². The summed E-state index contributed by atoms with van der Waals surface area (Å²) in [5.41, 5.74) is 2.01. The topological polar surface area (TPSA) is 36.0 Å². The molecule has 0 radical (unpaired) electrons. The SMILES string of the molecule is CC(C)(C)OC(=O)N1CCN(Cc2ccc(CN3CCCC3)cc2Cl)CC1. The largest absolute Gasteiger partial charge is 0.444 e. The third-order valence-electron chi connectivity index (χ3n) is 5.14. The fourth-order valence-corrected chi connectivity index (χ4v) is 3.94. The zero-order valence-corrected chi connectivity index (χ0v) is 17.6. The first-order valence-electron chi connectivity index (χ1n) is 10.00. The highest BCUT2D eigenvalue weighted by molar-refractivity contribution is 6.31. The number of benzene rings is 1. The molecule has 2 saturated heterocycles. The summed E-state index contributed by atoms with van der Waals surface area (Å²) in [7, 11) is 0. The first-order chi connectivity index (χ1) is 12.8. The summed E-state index contributed by atoms with van der Waals surface area (Å²) < 4.78 is 5.46. The van der Waals surface area contributed by atoms with Crippen molar-refractivity contribution in [3.05, 3.63) is 34.3 Å². The van der Waals surface area contributed by atoms with Crippen LogP contribution in [0.5, 0.6) is 0 Å². The summed E-state index contributed by atoms with van der Waals surface area (Å²) in [6, 6.07) is 6.48. The predicted molar refractivity (Wildman–Crippen MR) is 109 cm³/mol. The third kappa shape index (κ3) is 6.09. The Labute approximate surface area is 168 Å². The van der Waals surface area contributed by atoms with Gasteiger partial charge in [-0.3, -0.25) is 9.80 Å². The van der Waals surface area contributed by atoms with Crippen LogP contribution in [0.3, 0.4) is 0 Å². The molecule has 1 aromatic rings. The molecule has 2 heterocycles. The van der Waals surface area contributed by atoms with Gasteiger partial charge in [0.05, 0.1) is 0 Å². The van der Waals surface area contributed by atoms with Crippen LogP contribution in [0.4, 0.5) is 4.79 Å². The van der Waals surface area contributed by atoms with Gasteiger partial charge in [-0.15, -0.1) is 0 Å². The Kier molecular flexibility index (Phi) is 6.66. The minimum Gasteiger partial charge on any atom is -0.444 e. The van der Waals surface area contributed by atoms with Gasteiger partial charge in [0.25, 0.3) is 0 Å². The van der Waals surface area contributed by atoms with E-state index in [0.29, 0.717) is 13.1 Å². The van der Waals surface area contributed by atoms with E-state index < -0.39 is 5.60 Å². The van der Waals surface area contributed by atoms with Crippen molar-refractivity contribution in [2.45, 2.75) is 52.3 Å². The number of likely N-dealkylation sites (tertiary alicyclic amines) is 1. The monoisotopic (exact) mass is 393 g/mol. The maximum Gasteiger partial charge on any atom is 0.410 e. The van der Waals surface area contributed by atoms with E-state index >= 15 is 0 Å². The van der Waals surface area contributed by atoms with E-state index in [2.05, 4.69) is 28.0 Å². The fraction of sp³-hybridized carbons (Fsp3) is 0.667. The van der Waals surface area contributed by atoms with Gasteiger partial charge in [0, 0.05) is 44.3 Å². The van der Waals surface area contributed by atoms with Gasteiger partial charge >= 0.3 is 6.09 Å². The number of hydrogen-bond acceptors (Lipinski definition) is 4. The van der Waals surface area contributed by atoms with Crippen LogP contribution < -0.4 is 0 Å². The van der Waals surface area contributed by atoms with Crippen molar-refractivity contribution >= 4 is 17.7 Å². The summed E-state index contributed by atoms with van der Waals surface area (Å²) in [5, 5.41) is 0.848. The highest BCUT2D eigenvalue weighted by Crippen LogP contribution is 2.22. The molecule has 0 spiro atoms. The van der Waals surface area contributed by atoms with Gasteiger partial charge < -0.3 is 9.64 Å². The lowest BCUT2D eigenvalue weighted by Crippen LogP contribution is -2.49. The number of carbonyl (C=O) groups excluding carboxylic acids is 1. The summed E-state index contributed by atoms with van der Waals surface area (Å²) in [4.78, 5) is 18.8. The minimum absolute atomic E-state index is 0.216. The van der Waals surface area contributed by atoms with Crippen molar-refractivity contribution in [2.75, 3.05) is 39.3 Å². The Balaban J connectivity index is 1.49. The van der Waals surface area contributed by atoms with Crippen LogP contribution in [0.2, 0.25) is 5.02 Å². The summed E-state index contributed by atoms with van der Waals surface area (Å²) in [6.07, 6.45) is 2.40. The molecule has 5 nitrogen and oxygen atoms in total. The molecule has 3 rings (SSSR count). The second kappa shape index (κ2) is 8.80. The Hall–Kier alpha value is -1.30. The second-order valence-electron chi connectivity index (χ2n) is 8.65. The van der Waals surface area contributed by atoms with Crippen molar-refractivity contribution in [1.82, 2.24) is 14.7 Å². The molecular formula is C21H32ClN3O2. The molecule has 150 valence electrons. The molecule has 0 atom stereocenters. The molecule has 6 heteroatoms. The van der Waals surface area contributed by atoms with Crippen molar-refractivity contribution in [1.29, 1.82) is 0 Å². The second-order valence-corrected chi connectivity index (χ2v) is 9.06. The number of rotatable bonds is 4. The highest BCUT2D eigenvalue weighted by Gasteiger charge is 2.26. The van der Waals surface area contributed by atoms with Crippen LogP contribution in [0.15, 0.2) is 18.2 Å². The van der Waals surface area contributed by atoms with Crippen LogP contribution >= 0.6 is 11.6 Å². The Morgan fingerprint density at radius 2 is 1.63 bits per heavy atom. The van der Waals surface area contributed by atoms with E-state index in [9.17, 15) is 4.79 Å². The van der Waals surface area contributed by atoms with E-state index in [4.69, 9.17) is 16.3 Å². The van der Waals surface area contributed by atoms with Gasteiger partial charge in [0.15, 0.2) is 0 Å². The molecule has 1 amide bonds. The summed E-state index contributed by atoms with van der Waals surface area (Å²) in [6.45, 7) is 13.0. The van der Waals surface area contributed by atoms with Gasteiger partial charge in [0.1, 0.15) is 5.60 Å². The molecular weight excluding hydrogens is 362 g/mol. The highest BCUT2D eigenvalue weighted by atomic mass is 35.5. The summed E-state index contributed by atoms with van der Waals surface area (Å²) >= 11 is 6.56. The zero-order valence-electron chi connectivity index (χ0n) is 16.8. The molecule has 0 saturated carbocycles. The lowest BCUT2D eigenvalue weighted by Gasteiger charge is -2.35. The Morgan fingerprint density at radius 3 is 2.22 bits per heavy atom. The van der Waals surface area contributed by atoms with Gasteiger partial charge in [0.2, 0.25) is 0 Å². The van der Waals surface area contributed by atoms with Crippen LogP contribution in [-0.2, 0) is 17.8 Å². The van der Waals surface area contributed by atoms with Crippen molar-refractivity contribution < 1.29 is 9.53 Å². The van der Waals surface area contributed by atoms with E-state index in [-0.39, 0.29) is 6.09 Å². The van der Waals surface area contributed by atoms with Gasteiger partial charge in [-0.05, 0) is 63.9 Å². The molecule has 0 unspecified atom stereocenters. The van der Waals surface area contributed by atoms with E-state index in [1.807, 2.05) is 20.8 Å². The predicted octanol–water partition coefficient (Wildman–Crippen LogP) is 3.99. The third-order valence-corrected chi connectivity index (χ3v) is 5.49. The molecule has 0 N–H and O–H groups in total. The number of halogens is 1. The summed E-state index contributed by atoms with van der Waals surface area (Å²) in [5.74, 6) is 0. The van der Waals surface area contributed by atoms with Gasteiger partial charge in [-0.1, -0.05) is 23.7 Å². The standard InChI is InChI=1S/C21H32ClN3O2/c1-21(2,3)27-20(26)25-12-10-24(11-13-25)16-18-7-6-17(14-19(18)22)15-23-8-4-5-9-23/h6-7,14H,4-5,8-13,15-16H2,1-3H3. The number of hydrogen-bond donors (Lipinski definition) is 0. The smallest absolute Gasteiger partial charge is 0.410 e. The van der Waals surface area contributed by atoms with Gasteiger partial charge in [-0.2, -0.15) is 0 Å². The minimum atomic E-state index is -0.446. The lowest BCUT2D eigenvalue weighted by atomic mass is 10.1. The Morgan fingerprint density at radius 1 is 1.00 bits per heavy atom. The fourth-order valence-electron chi connectivity index (χ4n) is 3.67. The van der Waals surface area contributed by atoms with Gasteiger partial charge in [-0.25, -0.2) is 4.79 Å². The first-order valence-corrected chi connectivity index (χ1v) is 10.4. The number of piperazine rings is 1. The average Bonchev–Trinajstić information content (AvgIpc) is 3.09. The molecule has 2 aliphatic rings. The van der Waals surface area contributed by atoms with Crippen molar-refractivity contribution in [3.63, 3.8) is 0 Å². The number of ether oxygens (including phenoxy) is 1. The van der Waals surface area contributed by atoms with Crippen LogP contribution in [0, 0.1) is 0 Å². The van der Waals surface area contributed by atoms with Crippen LogP contribution in [0.1, 0.15) is 44.7 Å². The van der Waals surface area contributed by atoms with Crippen molar-refractivity contribution in [3.8, 4) is 0 Å². The zero-order chi connectivity index (χ0) is 19.4.